The summed E-state index contributed by atoms with van der Waals surface area (Å²) < 4.78 is 6.64. The van der Waals surface area contributed by atoms with Crippen molar-refractivity contribution in [3.8, 4) is 0 Å². The summed E-state index contributed by atoms with van der Waals surface area (Å²) in [5.74, 6) is -0.00894. The number of rotatable bonds is 4. The van der Waals surface area contributed by atoms with Crippen LogP contribution in [0.5, 0.6) is 0 Å². The first kappa shape index (κ1) is 12.5. The van der Waals surface area contributed by atoms with Gasteiger partial charge in [0.05, 0.1) is 23.5 Å². The topological polar surface area (TPSA) is 47.3 Å². The van der Waals surface area contributed by atoms with Crippen molar-refractivity contribution in [2.24, 2.45) is 13.0 Å². The van der Waals surface area contributed by atoms with Crippen molar-refractivity contribution in [1.29, 1.82) is 0 Å². The van der Waals surface area contributed by atoms with Gasteiger partial charge in [-0.05, 0) is 5.92 Å². The van der Waals surface area contributed by atoms with Crippen molar-refractivity contribution < 1.29 is 9.84 Å². The van der Waals surface area contributed by atoms with Gasteiger partial charge in [-0.3, -0.25) is 4.68 Å². The molecular weight excluding hydrogens is 216 g/mol. The van der Waals surface area contributed by atoms with Gasteiger partial charge in [-0.1, -0.05) is 25.4 Å². The maximum absolute atomic E-state index is 10.5. The molecule has 0 aliphatic heterocycles. The predicted octanol–water partition coefficient (Wildman–Crippen LogP) is 1.56. The third kappa shape index (κ3) is 2.17. The number of aliphatic hydroxyl groups is 1. The second-order valence-electron chi connectivity index (χ2n) is 3.98. The summed E-state index contributed by atoms with van der Waals surface area (Å²) in [7, 11) is 3.31. The highest BCUT2D eigenvalue weighted by atomic mass is 35.5. The average molecular weight is 233 g/mol. The zero-order valence-electron chi connectivity index (χ0n) is 9.49. The molecule has 0 aliphatic carbocycles. The first-order valence-electron chi connectivity index (χ1n) is 4.82. The normalized spacial score (nSPS) is 15.7. The smallest absolute Gasteiger partial charge is 0.133 e. The largest absolute Gasteiger partial charge is 0.381 e. The van der Waals surface area contributed by atoms with Crippen LogP contribution in [0.2, 0.25) is 5.02 Å². The molecule has 0 aromatic carbocycles. The summed E-state index contributed by atoms with van der Waals surface area (Å²) in [5, 5.41) is 15.0. The maximum Gasteiger partial charge on any atom is 0.133 e. The molecule has 1 aromatic heterocycles. The van der Waals surface area contributed by atoms with E-state index in [0.29, 0.717) is 10.7 Å². The number of hydrogen-bond acceptors (Lipinski definition) is 3. The van der Waals surface area contributed by atoms with Gasteiger partial charge in [-0.25, -0.2) is 0 Å². The summed E-state index contributed by atoms with van der Waals surface area (Å²) in [5.41, 5.74) is -0.502. The number of nitrogens with zero attached hydrogens (tertiary/aromatic N) is 2. The summed E-state index contributed by atoms with van der Waals surface area (Å²) in [6, 6.07) is 0. The minimum Gasteiger partial charge on any atom is -0.381 e. The Balaban J connectivity index is 3.20. The zero-order chi connectivity index (χ0) is 11.6. The van der Waals surface area contributed by atoms with Gasteiger partial charge in [0, 0.05) is 14.2 Å². The van der Waals surface area contributed by atoms with E-state index in [9.17, 15) is 5.11 Å². The minimum absolute atomic E-state index is 0.00894. The average Bonchev–Trinajstić information content (AvgIpc) is 2.46. The fourth-order valence-corrected chi connectivity index (χ4v) is 1.96. The Hall–Kier alpha value is -0.580. The van der Waals surface area contributed by atoms with Gasteiger partial charge >= 0.3 is 0 Å². The Bertz CT molecular complexity index is 319. The van der Waals surface area contributed by atoms with Crippen LogP contribution in [0.3, 0.4) is 0 Å². The summed E-state index contributed by atoms with van der Waals surface area (Å²) >= 11 is 6.01. The third-order valence-corrected chi connectivity index (χ3v) is 2.90. The van der Waals surface area contributed by atoms with Crippen LogP contribution in [0.4, 0.5) is 0 Å². The molecule has 0 spiro atoms. The number of aromatic nitrogens is 2. The Morgan fingerprint density at radius 2 is 2.27 bits per heavy atom. The molecule has 1 unspecified atom stereocenters. The molecule has 1 N–H and O–H groups in total. The molecule has 15 heavy (non-hydrogen) atoms. The van der Waals surface area contributed by atoms with Crippen LogP contribution in [0, 0.1) is 5.92 Å². The van der Waals surface area contributed by atoms with E-state index in [4.69, 9.17) is 16.3 Å². The Morgan fingerprint density at radius 3 is 2.60 bits per heavy atom. The molecule has 0 aliphatic rings. The molecule has 1 atom stereocenters. The molecule has 4 nitrogen and oxygen atoms in total. The lowest BCUT2D eigenvalue weighted by Gasteiger charge is -2.31. The third-order valence-electron chi connectivity index (χ3n) is 2.62. The predicted molar refractivity (Wildman–Crippen MR) is 58.8 cm³/mol. The van der Waals surface area contributed by atoms with Gasteiger partial charge in [0.2, 0.25) is 0 Å². The number of halogens is 1. The fourth-order valence-electron chi connectivity index (χ4n) is 1.63. The lowest BCUT2D eigenvalue weighted by atomic mass is 9.87. The number of methoxy groups -OCH3 is 1. The van der Waals surface area contributed by atoms with Crippen molar-refractivity contribution in [2.45, 2.75) is 19.4 Å². The molecular formula is C10H17ClN2O2. The SMILES string of the molecule is COCC(O)(c1c(Cl)cnn1C)C(C)C. The summed E-state index contributed by atoms with van der Waals surface area (Å²) in [6.45, 7) is 4.04. The second-order valence-corrected chi connectivity index (χ2v) is 4.38. The highest BCUT2D eigenvalue weighted by Gasteiger charge is 2.38. The second kappa shape index (κ2) is 4.51. The summed E-state index contributed by atoms with van der Waals surface area (Å²) in [4.78, 5) is 0. The molecule has 86 valence electrons. The quantitative estimate of drug-likeness (QED) is 0.857. The standard InChI is InChI=1S/C10H17ClN2O2/c1-7(2)10(14,6-15-4)9-8(11)5-12-13(9)3/h5,7,14H,6H2,1-4H3. The molecule has 1 heterocycles. The highest BCUT2D eigenvalue weighted by molar-refractivity contribution is 6.31. The van der Waals surface area contributed by atoms with Crippen molar-refractivity contribution in [1.82, 2.24) is 9.78 Å². The van der Waals surface area contributed by atoms with E-state index in [0.717, 1.165) is 0 Å². The Labute approximate surface area is 94.8 Å². The van der Waals surface area contributed by atoms with Crippen molar-refractivity contribution >= 4 is 11.6 Å². The molecule has 0 radical (unpaired) electrons. The first-order chi connectivity index (χ1) is 6.93. The van der Waals surface area contributed by atoms with E-state index in [1.165, 1.54) is 6.20 Å². The van der Waals surface area contributed by atoms with Crippen molar-refractivity contribution in [3.63, 3.8) is 0 Å². The molecule has 1 rings (SSSR count). The van der Waals surface area contributed by atoms with Crippen LogP contribution in [-0.2, 0) is 17.4 Å². The maximum atomic E-state index is 10.5. The molecule has 1 aromatic rings. The lowest BCUT2D eigenvalue weighted by molar-refractivity contribution is -0.0754. The van der Waals surface area contributed by atoms with Crippen molar-refractivity contribution in [2.75, 3.05) is 13.7 Å². The van der Waals surface area contributed by atoms with Gasteiger partial charge in [0.25, 0.3) is 0 Å². The monoisotopic (exact) mass is 232 g/mol. The van der Waals surface area contributed by atoms with Gasteiger partial charge in [0.1, 0.15) is 5.60 Å². The van der Waals surface area contributed by atoms with E-state index in [2.05, 4.69) is 5.10 Å². The van der Waals surface area contributed by atoms with E-state index in [-0.39, 0.29) is 12.5 Å². The molecule has 0 bridgehead atoms. The van der Waals surface area contributed by atoms with Crippen LogP contribution in [0.1, 0.15) is 19.5 Å². The molecule has 0 fully saturated rings. The molecule has 0 saturated heterocycles. The van der Waals surface area contributed by atoms with Crippen LogP contribution < -0.4 is 0 Å². The number of hydrogen-bond donors (Lipinski definition) is 1. The van der Waals surface area contributed by atoms with E-state index >= 15 is 0 Å². The lowest BCUT2D eigenvalue weighted by Crippen LogP contribution is -2.39. The van der Waals surface area contributed by atoms with E-state index < -0.39 is 5.60 Å². The van der Waals surface area contributed by atoms with Crippen LogP contribution >= 0.6 is 11.6 Å². The molecule has 0 saturated carbocycles. The first-order valence-corrected chi connectivity index (χ1v) is 5.20. The Morgan fingerprint density at radius 1 is 1.67 bits per heavy atom. The van der Waals surface area contributed by atoms with Gasteiger partial charge in [-0.15, -0.1) is 0 Å². The number of aryl methyl sites for hydroxylation is 1. The molecule has 0 amide bonds. The zero-order valence-corrected chi connectivity index (χ0v) is 10.2. The van der Waals surface area contributed by atoms with Crippen LogP contribution in [-0.4, -0.2) is 28.6 Å². The number of ether oxygens (including phenoxy) is 1. The fraction of sp³-hybridized carbons (Fsp3) is 0.700. The summed E-state index contributed by atoms with van der Waals surface area (Å²) in [6.07, 6.45) is 1.53. The van der Waals surface area contributed by atoms with Crippen molar-refractivity contribution in [3.05, 3.63) is 16.9 Å². The van der Waals surface area contributed by atoms with E-state index in [1.807, 2.05) is 13.8 Å². The Kier molecular flexibility index (Phi) is 3.76. The van der Waals surface area contributed by atoms with Crippen LogP contribution in [0.25, 0.3) is 0 Å². The van der Waals surface area contributed by atoms with E-state index in [1.54, 1.807) is 18.8 Å². The van der Waals surface area contributed by atoms with Gasteiger partial charge < -0.3 is 9.84 Å². The highest BCUT2D eigenvalue weighted by Crippen LogP contribution is 2.34. The molecule has 5 heteroatoms. The van der Waals surface area contributed by atoms with Crippen LogP contribution in [0.15, 0.2) is 6.20 Å². The van der Waals surface area contributed by atoms with Gasteiger partial charge in [0.15, 0.2) is 0 Å². The minimum atomic E-state index is -1.10. The van der Waals surface area contributed by atoms with Gasteiger partial charge in [-0.2, -0.15) is 5.10 Å².